The Morgan fingerprint density at radius 1 is 1.11 bits per heavy atom. The highest BCUT2D eigenvalue weighted by atomic mass is 32.2. The summed E-state index contributed by atoms with van der Waals surface area (Å²) in [6.07, 6.45) is 0. The first-order valence-corrected chi connectivity index (χ1v) is 10.3. The van der Waals surface area contributed by atoms with Crippen molar-refractivity contribution in [3.8, 4) is 0 Å². The second-order valence-corrected chi connectivity index (χ2v) is 7.75. The molecule has 2 aliphatic heterocycles. The molecule has 2 amide bonds. The van der Waals surface area contributed by atoms with Crippen LogP contribution in [0.15, 0.2) is 45.7 Å². The average molecular weight is 385 g/mol. The number of anilines is 1. The van der Waals surface area contributed by atoms with Crippen LogP contribution in [-0.2, 0) is 11.3 Å². The molecule has 0 radical (unpaired) electrons. The van der Waals surface area contributed by atoms with Gasteiger partial charge in [-0.3, -0.25) is 9.59 Å². The fourth-order valence-corrected chi connectivity index (χ4v) is 4.42. The molecule has 27 heavy (non-hydrogen) atoms. The van der Waals surface area contributed by atoms with E-state index in [4.69, 9.17) is 4.42 Å². The SMILES string of the molecule is CCN1CCN(C(=O)c2ccc(CN3C(=O)CSc4ccccc43)o2)CC1. The number of carbonyl (C=O) groups excluding carboxylic acids is 2. The maximum absolute atomic E-state index is 12.7. The van der Waals surface area contributed by atoms with E-state index in [1.807, 2.05) is 29.2 Å². The lowest BCUT2D eigenvalue weighted by Gasteiger charge is -2.33. The molecule has 0 unspecified atom stereocenters. The van der Waals surface area contributed by atoms with E-state index in [0.29, 0.717) is 23.8 Å². The first kappa shape index (κ1) is 18.1. The molecule has 4 rings (SSSR count). The second kappa shape index (κ2) is 7.78. The largest absolute Gasteiger partial charge is 0.454 e. The number of hydrogen-bond donors (Lipinski definition) is 0. The fraction of sp³-hybridized carbons (Fsp3) is 0.400. The Bertz CT molecular complexity index is 843. The van der Waals surface area contributed by atoms with Crippen molar-refractivity contribution < 1.29 is 14.0 Å². The van der Waals surface area contributed by atoms with Gasteiger partial charge in [-0.25, -0.2) is 0 Å². The fourth-order valence-electron chi connectivity index (χ4n) is 3.48. The molecular formula is C20H23N3O3S. The zero-order chi connectivity index (χ0) is 18.8. The van der Waals surface area contributed by atoms with E-state index < -0.39 is 0 Å². The van der Waals surface area contributed by atoms with E-state index >= 15 is 0 Å². The molecule has 1 aromatic carbocycles. The van der Waals surface area contributed by atoms with Crippen molar-refractivity contribution >= 4 is 29.3 Å². The number of nitrogens with zero attached hydrogens (tertiary/aromatic N) is 3. The summed E-state index contributed by atoms with van der Waals surface area (Å²) < 4.78 is 5.81. The van der Waals surface area contributed by atoms with Crippen LogP contribution in [0.2, 0.25) is 0 Å². The third-order valence-electron chi connectivity index (χ3n) is 5.10. The van der Waals surface area contributed by atoms with Crippen LogP contribution in [0.25, 0.3) is 0 Å². The smallest absolute Gasteiger partial charge is 0.289 e. The van der Waals surface area contributed by atoms with Gasteiger partial charge < -0.3 is 19.1 Å². The summed E-state index contributed by atoms with van der Waals surface area (Å²) >= 11 is 1.56. The van der Waals surface area contributed by atoms with Gasteiger partial charge in [0.1, 0.15) is 5.76 Å². The maximum atomic E-state index is 12.7. The number of para-hydroxylation sites is 1. The highest BCUT2D eigenvalue weighted by Crippen LogP contribution is 2.35. The molecule has 1 aromatic heterocycles. The monoisotopic (exact) mass is 385 g/mol. The van der Waals surface area contributed by atoms with E-state index in [1.54, 1.807) is 28.8 Å². The van der Waals surface area contributed by atoms with Crippen LogP contribution in [0, 0.1) is 0 Å². The number of fused-ring (bicyclic) bond motifs is 1. The van der Waals surface area contributed by atoms with Crippen molar-refractivity contribution in [2.24, 2.45) is 0 Å². The van der Waals surface area contributed by atoms with Gasteiger partial charge in [0.25, 0.3) is 5.91 Å². The highest BCUT2D eigenvalue weighted by molar-refractivity contribution is 8.00. The van der Waals surface area contributed by atoms with E-state index in [1.165, 1.54) is 0 Å². The first-order valence-electron chi connectivity index (χ1n) is 9.28. The predicted molar refractivity (Wildman–Crippen MR) is 105 cm³/mol. The van der Waals surface area contributed by atoms with Gasteiger partial charge in [0.05, 0.1) is 18.0 Å². The van der Waals surface area contributed by atoms with Gasteiger partial charge in [-0.05, 0) is 30.8 Å². The lowest BCUT2D eigenvalue weighted by Crippen LogP contribution is -2.48. The van der Waals surface area contributed by atoms with Gasteiger partial charge >= 0.3 is 0 Å². The van der Waals surface area contributed by atoms with Crippen molar-refractivity contribution in [3.63, 3.8) is 0 Å². The van der Waals surface area contributed by atoms with E-state index in [-0.39, 0.29) is 11.8 Å². The Hall–Kier alpha value is -2.25. The number of thioether (sulfide) groups is 1. The standard InChI is InChI=1S/C20H23N3O3S/c1-2-21-9-11-22(12-10-21)20(25)17-8-7-15(26-17)13-23-16-5-3-4-6-18(16)27-14-19(23)24/h3-8H,2,9-14H2,1H3. The van der Waals surface area contributed by atoms with E-state index in [2.05, 4.69) is 11.8 Å². The quantitative estimate of drug-likeness (QED) is 0.810. The Labute approximate surface area is 163 Å². The molecule has 0 saturated carbocycles. The number of hydrogen-bond acceptors (Lipinski definition) is 5. The average Bonchev–Trinajstić information content (AvgIpc) is 3.18. The zero-order valence-electron chi connectivity index (χ0n) is 15.4. The number of amides is 2. The number of benzene rings is 1. The normalized spacial score (nSPS) is 17.9. The van der Waals surface area contributed by atoms with Crippen molar-refractivity contribution in [2.75, 3.05) is 43.4 Å². The van der Waals surface area contributed by atoms with Gasteiger partial charge in [-0.15, -0.1) is 11.8 Å². The Morgan fingerprint density at radius 3 is 2.67 bits per heavy atom. The maximum Gasteiger partial charge on any atom is 0.289 e. The summed E-state index contributed by atoms with van der Waals surface area (Å²) in [7, 11) is 0. The minimum Gasteiger partial charge on any atom is -0.454 e. The molecule has 3 heterocycles. The van der Waals surface area contributed by atoms with Gasteiger partial charge in [0.2, 0.25) is 5.91 Å². The molecule has 1 saturated heterocycles. The molecule has 0 spiro atoms. The minimum atomic E-state index is -0.0714. The molecule has 0 N–H and O–H groups in total. The highest BCUT2D eigenvalue weighted by Gasteiger charge is 2.27. The molecule has 142 valence electrons. The Kier molecular flexibility index (Phi) is 5.22. The summed E-state index contributed by atoms with van der Waals surface area (Å²) in [6, 6.07) is 11.4. The molecule has 2 aliphatic rings. The van der Waals surface area contributed by atoms with Crippen molar-refractivity contribution in [1.29, 1.82) is 0 Å². The van der Waals surface area contributed by atoms with Crippen molar-refractivity contribution in [1.82, 2.24) is 9.80 Å². The van der Waals surface area contributed by atoms with Crippen LogP contribution in [0.4, 0.5) is 5.69 Å². The van der Waals surface area contributed by atoms with E-state index in [9.17, 15) is 9.59 Å². The van der Waals surface area contributed by atoms with Crippen LogP contribution in [0.5, 0.6) is 0 Å². The third kappa shape index (κ3) is 3.75. The molecule has 2 aromatic rings. The van der Waals surface area contributed by atoms with Gasteiger partial charge in [-0.2, -0.15) is 0 Å². The summed E-state index contributed by atoms with van der Waals surface area (Å²) in [5.41, 5.74) is 0.902. The third-order valence-corrected chi connectivity index (χ3v) is 6.15. The molecule has 6 nitrogen and oxygen atoms in total. The summed E-state index contributed by atoms with van der Waals surface area (Å²) in [6.45, 7) is 6.72. The molecular weight excluding hydrogens is 362 g/mol. The van der Waals surface area contributed by atoms with Crippen LogP contribution < -0.4 is 4.90 Å². The van der Waals surface area contributed by atoms with Crippen LogP contribution in [0.3, 0.4) is 0 Å². The Morgan fingerprint density at radius 2 is 1.89 bits per heavy atom. The second-order valence-electron chi connectivity index (χ2n) is 6.73. The van der Waals surface area contributed by atoms with E-state index in [0.717, 1.165) is 43.3 Å². The summed E-state index contributed by atoms with van der Waals surface area (Å²) in [5, 5.41) is 0. The van der Waals surface area contributed by atoms with Gasteiger partial charge in [0, 0.05) is 31.1 Å². The first-order chi connectivity index (χ1) is 13.2. The topological polar surface area (TPSA) is 57.0 Å². The summed E-state index contributed by atoms with van der Waals surface area (Å²) in [4.78, 5) is 32.1. The molecule has 0 bridgehead atoms. The lowest BCUT2D eigenvalue weighted by molar-refractivity contribution is -0.116. The number of furan rings is 1. The predicted octanol–water partition coefficient (Wildman–Crippen LogP) is 2.70. The number of piperazine rings is 1. The number of carbonyl (C=O) groups is 2. The van der Waals surface area contributed by atoms with Gasteiger partial charge in [0.15, 0.2) is 5.76 Å². The molecule has 7 heteroatoms. The van der Waals surface area contributed by atoms with Crippen LogP contribution in [-0.4, -0.2) is 60.1 Å². The van der Waals surface area contributed by atoms with Crippen LogP contribution >= 0.6 is 11.8 Å². The van der Waals surface area contributed by atoms with Crippen LogP contribution in [0.1, 0.15) is 23.2 Å². The molecule has 0 atom stereocenters. The molecule has 1 fully saturated rings. The Balaban J connectivity index is 1.46. The van der Waals surface area contributed by atoms with Gasteiger partial charge in [-0.1, -0.05) is 19.1 Å². The zero-order valence-corrected chi connectivity index (χ0v) is 16.2. The summed E-state index contributed by atoms with van der Waals surface area (Å²) in [5.74, 6) is 1.38. The van der Waals surface area contributed by atoms with Crippen molar-refractivity contribution in [3.05, 3.63) is 47.9 Å². The molecule has 0 aliphatic carbocycles. The number of likely N-dealkylation sites (N-methyl/N-ethyl adjacent to an activating group) is 1. The minimum absolute atomic E-state index is 0.0543. The van der Waals surface area contributed by atoms with Crippen molar-refractivity contribution in [2.45, 2.75) is 18.4 Å². The number of rotatable bonds is 4. The lowest BCUT2D eigenvalue weighted by atomic mass is 10.2.